The minimum absolute atomic E-state index is 0.0111. The van der Waals surface area contributed by atoms with Gasteiger partial charge in [-0.1, -0.05) is 5.16 Å². The molecule has 1 fully saturated rings. The van der Waals surface area contributed by atoms with Crippen molar-refractivity contribution in [3.05, 3.63) is 41.3 Å². The van der Waals surface area contributed by atoms with E-state index >= 15 is 0 Å². The van der Waals surface area contributed by atoms with Crippen molar-refractivity contribution in [1.29, 1.82) is 0 Å². The van der Waals surface area contributed by atoms with Gasteiger partial charge < -0.3 is 14.7 Å². The van der Waals surface area contributed by atoms with E-state index in [0.29, 0.717) is 42.2 Å². The Kier molecular flexibility index (Phi) is 5.06. The van der Waals surface area contributed by atoms with Gasteiger partial charge in [0, 0.05) is 31.5 Å². The van der Waals surface area contributed by atoms with Crippen molar-refractivity contribution in [2.24, 2.45) is 0 Å². The Hall–Kier alpha value is -2.77. The lowest BCUT2D eigenvalue weighted by Crippen LogP contribution is -2.37. The largest absolute Gasteiger partial charge is 0.361 e. The zero-order valence-electron chi connectivity index (χ0n) is 14.4. The van der Waals surface area contributed by atoms with Crippen molar-refractivity contribution in [1.82, 2.24) is 25.3 Å². The number of carbonyl (C=O) groups excluding carboxylic acids is 2. The quantitative estimate of drug-likeness (QED) is 0.906. The van der Waals surface area contributed by atoms with Gasteiger partial charge in [0.2, 0.25) is 0 Å². The van der Waals surface area contributed by atoms with Crippen LogP contribution in [0.15, 0.2) is 23.1 Å². The maximum Gasteiger partial charge on any atom is 0.271 e. The SMILES string of the molecule is Cc1noc(C)c1C(=O)N1CCCC(NC(=O)c2cnccn2)CC1. The van der Waals surface area contributed by atoms with Gasteiger partial charge in [-0.05, 0) is 33.1 Å². The van der Waals surface area contributed by atoms with Crippen LogP contribution in [0.4, 0.5) is 0 Å². The average molecular weight is 343 g/mol. The second-order valence-electron chi connectivity index (χ2n) is 6.18. The van der Waals surface area contributed by atoms with Crippen molar-refractivity contribution in [2.45, 2.75) is 39.2 Å². The second kappa shape index (κ2) is 7.42. The molecule has 0 aliphatic carbocycles. The van der Waals surface area contributed by atoms with E-state index in [1.54, 1.807) is 18.7 Å². The average Bonchev–Trinajstić information content (AvgIpc) is 2.82. The summed E-state index contributed by atoms with van der Waals surface area (Å²) in [5.41, 5.74) is 1.46. The van der Waals surface area contributed by atoms with Crippen LogP contribution in [0.5, 0.6) is 0 Å². The Morgan fingerprint density at radius 1 is 1.24 bits per heavy atom. The maximum absolute atomic E-state index is 12.7. The molecule has 2 amide bonds. The summed E-state index contributed by atoms with van der Waals surface area (Å²) in [6.07, 6.45) is 6.80. The van der Waals surface area contributed by atoms with Crippen LogP contribution in [0.25, 0.3) is 0 Å². The highest BCUT2D eigenvalue weighted by molar-refractivity contribution is 5.96. The third kappa shape index (κ3) is 3.84. The molecule has 0 bridgehead atoms. The lowest BCUT2D eigenvalue weighted by atomic mass is 10.1. The Balaban J connectivity index is 1.61. The standard InChI is InChI=1S/C17H21N5O3/c1-11-15(12(2)25-21-11)17(24)22-8-3-4-13(5-9-22)20-16(23)14-10-18-6-7-19-14/h6-7,10,13H,3-5,8-9H2,1-2H3,(H,20,23). The predicted octanol–water partition coefficient (Wildman–Crippen LogP) is 1.51. The van der Waals surface area contributed by atoms with Crippen LogP contribution in [-0.4, -0.2) is 51.0 Å². The highest BCUT2D eigenvalue weighted by Crippen LogP contribution is 2.19. The van der Waals surface area contributed by atoms with Gasteiger partial charge in [-0.25, -0.2) is 4.98 Å². The molecule has 0 saturated carbocycles. The van der Waals surface area contributed by atoms with Gasteiger partial charge >= 0.3 is 0 Å². The number of hydrogen-bond donors (Lipinski definition) is 1. The molecule has 3 heterocycles. The van der Waals surface area contributed by atoms with Crippen molar-refractivity contribution in [3.63, 3.8) is 0 Å². The van der Waals surface area contributed by atoms with Crippen molar-refractivity contribution in [2.75, 3.05) is 13.1 Å². The number of likely N-dealkylation sites (tertiary alicyclic amines) is 1. The number of aromatic nitrogens is 3. The molecule has 132 valence electrons. The van der Waals surface area contributed by atoms with Crippen molar-refractivity contribution >= 4 is 11.8 Å². The molecule has 2 aromatic rings. The summed E-state index contributed by atoms with van der Waals surface area (Å²) in [5, 5.41) is 6.83. The normalized spacial score (nSPS) is 17.8. The van der Waals surface area contributed by atoms with Gasteiger partial charge in [-0.2, -0.15) is 0 Å². The lowest BCUT2D eigenvalue weighted by Gasteiger charge is -2.20. The van der Waals surface area contributed by atoms with Crippen LogP contribution < -0.4 is 5.32 Å². The smallest absolute Gasteiger partial charge is 0.271 e. The van der Waals surface area contributed by atoms with Crippen LogP contribution in [0.2, 0.25) is 0 Å². The monoisotopic (exact) mass is 343 g/mol. The lowest BCUT2D eigenvalue weighted by molar-refractivity contribution is 0.0758. The van der Waals surface area contributed by atoms with Crippen LogP contribution >= 0.6 is 0 Å². The summed E-state index contributed by atoms with van der Waals surface area (Å²) in [6.45, 7) is 4.75. The zero-order chi connectivity index (χ0) is 17.8. The van der Waals surface area contributed by atoms with Crippen molar-refractivity contribution < 1.29 is 14.1 Å². The van der Waals surface area contributed by atoms with Gasteiger partial charge in [-0.15, -0.1) is 0 Å². The van der Waals surface area contributed by atoms with E-state index < -0.39 is 0 Å². The summed E-state index contributed by atoms with van der Waals surface area (Å²) >= 11 is 0. The van der Waals surface area contributed by atoms with E-state index in [-0.39, 0.29) is 17.9 Å². The molecule has 1 saturated heterocycles. The number of aryl methyl sites for hydroxylation is 2. The molecular weight excluding hydrogens is 322 g/mol. The molecular formula is C17H21N5O3. The van der Waals surface area contributed by atoms with Crippen LogP contribution in [0, 0.1) is 13.8 Å². The minimum atomic E-state index is -0.233. The summed E-state index contributed by atoms with van der Waals surface area (Å²) < 4.78 is 5.09. The summed E-state index contributed by atoms with van der Waals surface area (Å²) in [7, 11) is 0. The fraction of sp³-hybridized carbons (Fsp3) is 0.471. The molecule has 2 aromatic heterocycles. The van der Waals surface area contributed by atoms with Crippen LogP contribution in [0.3, 0.4) is 0 Å². The number of carbonyl (C=O) groups is 2. The van der Waals surface area contributed by atoms with Gasteiger partial charge in [0.25, 0.3) is 11.8 Å². The molecule has 1 N–H and O–H groups in total. The van der Waals surface area contributed by atoms with Gasteiger partial charge in [-0.3, -0.25) is 14.6 Å². The molecule has 8 heteroatoms. The van der Waals surface area contributed by atoms with Crippen LogP contribution in [-0.2, 0) is 0 Å². The van der Waals surface area contributed by atoms with E-state index in [1.165, 1.54) is 18.6 Å². The number of nitrogens with one attached hydrogen (secondary N) is 1. The molecule has 1 atom stereocenters. The van der Waals surface area contributed by atoms with E-state index in [4.69, 9.17) is 4.52 Å². The number of nitrogens with zero attached hydrogens (tertiary/aromatic N) is 4. The van der Waals surface area contributed by atoms with E-state index in [2.05, 4.69) is 20.4 Å². The van der Waals surface area contributed by atoms with Crippen LogP contribution in [0.1, 0.15) is 51.6 Å². The maximum atomic E-state index is 12.7. The van der Waals surface area contributed by atoms with E-state index in [0.717, 1.165) is 12.8 Å². The molecule has 1 aliphatic rings. The first kappa shape index (κ1) is 17.1. The first-order chi connectivity index (χ1) is 12.1. The van der Waals surface area contributed by atoms with Crippen molar-refractivity contribution in [3.8, 4) is 0 Å². The Labute approximate surface area is 145 Å². The summed E-state index contributed by atoms with van der Waals surface area (Å²) in [6, 6.07) is 0.0111. The molecule has 0 radical (unpaired) electrons. The number of amides is 2. The van der Waals surface area contributed by atoms with E-state index in [9.17, 15) is 9.59 Å². The Morgan fingerprint density at radius 2 is 2.08 bits per heavy atom. The zero-order valence-corrected chi connectivity index (χ0v) is 14.4. The fourth-order valence-electron chi connectivity index (χ4n) is 3.07. The third-order valence-electron chi connectivity index (χ3n) is 4.39. The highest BCUT2D eigenvalue weighted by Gasteiger charge is 2.26. The number of hydrogen-bond acceptors (Lipinski definition) is 6. The predicted molar refractivity (Wildman–Crippen MR) is 89.0 cm³/mol. The molecule has 3 rings (SSSR count). The van der Waals surface area contributed by atoms with Gasteiger partial charge in [0.05, 0.1) is 11.9 Å². The first-order valence-electron chi connectivity index (χ1n) is 8.35. The summed E-state index contributed by atoms with van der Waals surface area (Å²) in [5.74, 6) is 0.250. The van der Waals surface area contributed by atoms with Gasteiger partial charge in [0.15, 0.2) is 0 Å². The third-order valence-corrected chi connectivity index (χ3v) is 4.39. The Morgan fingerprint density at radius 3 is 2.76 bits per heavy atom. The molecule has 0 aromatic carbocycles. The molecule has 1 unspecified atom stereocenters. The minimum Gasteiger partial charge on any atom is -0.361 e. The number of rotatable bonds is 3. The highest BCUT2D eigenvalue weighted by atomic mass is 16.5. The molecule has 8 nitrogen and oxygen atoms in total. The molecule has 1 aliphatic heterocycles. The fourth-order valence-corrected chi connectivity index (χ4v) is 3.07. The first-order valence-corrected chi connectivity index (χ1v) is 8.35. The Bertz CT molecular complexity index is 739. The second-order valence-corrected chi connectivity index (χ2v) is 6.18. The topological polar surface area (TPSA) is 101 Å². The van der Waals surface area contributed by atoms with E-state index in [1.807, 2.05) is 0 Å². The summed E-state index contributed by atoms with van der Waals surface area (Å²) in [4.78, 5) is 34.6. The van der Waals surface area contributed by atoms with Gasteiger partial charge in [0.1, 0.15) is 17.0 Å². The molecule has 25 heavy (non-hydrogen) atoms. The molecule has 0 spiro atoms.